The molecule has 3 aromatic rings. The van der Waals surface area contributed by atoms with E-state index in [2.05, 4.69) is 30.0 Å². The molecular formula is C20H20F4N6O2S. The van der Waals surface area contributed by atoms with E-state index in [9.17, 15) is 22.4 Å². The molecule has 0 fully saturated rings. The highest BCUT2D eigenvalue weighted by Gasteiger charge is 2.32. The van der Waals surface area contributed by atoms with Gasteiger partial charge >= 0.3 is 6.18 Å². The van der Waals surface area contributed by atoms with E-state index >= 15 is 0 Å². The summed E-state index contributed by atoms with van der Waals surface area (Å²) in [6.45, 7) is 2.26. The van der Waals surface area contributed by atoms with Crippen LogP contribution in [-0.2, 0) is 12.6 Å². The van der Waals surface area contributed by atoms with Crippen molar-refractivity contribution in [2.75, 3.05) is 31.7 Å². The quantitative estimate of drug-likeness (QED) is 0.336. The second-order valence-corrected chi connectivity index (χ2v) is 7.62. The van der Waals surface area contributed by atoms with Crippen LogP contribution in [0.1, 0.15) is 32.3 Å². The average molecular weight is 484 g/mol. The molecule has 13 heteroatoms. The Morgan fingerprint density at radius 2 is 1.94 bits per heavy atom. The SMILES string of the molecule is Cc1nsc(Cc2cnc(C(F)(F)F)cn2)c1C(=O)Nc1ccc(OCCNCCF)nc1. The lowest BCUT2D eigenvalue weighted by Crippen LogP contribution is -2.23. The van der Waals surface area contributed by atoms with Crippen LogP contribution in [0.4, 0.5) is 23.2 Å². The summed E-state index contributed by atoms with van der Waals surface area (Å²) in [5.74, 6) is -0.0768. The number of hydrogen-bond donors (Lipinski definition) is 2. The van der Waals surface area contributed by atoms with Gasteiger partial charge in [0, 0.05) is 36.7 Å². The minimum atomic E-state index is -4.57. The van der Waals surface area contributed by atoms with Gasteiger partial charge in [-0.2, -0.15) is 17.5 Å². The molecule has 0 radical (unpaired) electrons. The van der Waals surface area contributed by atoms with Crippen molar-refractivity contribution in [2.45, 2.75) is 19.5 Å². The van der Waals surface area contributed by atoms with E-state index in [1.807, 2.05) is 0 Å². The molecule has 33 heavy (non-hydrogen) atoms. The maximum Gasteiger partial charge on any atom is 0.434 e. The van der Waals surface area contributed by atoms with Crippen LogP contribution in [0, 0.1) is 6.92 Å². The Kier molecular flexibility index (Phi) is 8.22. The Morgan fingerprint density at radius 3 is 2.58 bits per heavy atom. The lowest BCUT2D eigenvalue weighted by Gasteiger charge is -2.09. The molecule has 0 unspecified atom stereocenters. The summed E-state index contributed by atoms with van der Waals surface area (Å²) in [4.78, 5) is 24.7. The molecule has 3 heterocycles. The van der Waals surface area contributed by atoms with Gasteiger partial charge in [-0.25, -0.2) is 14.4 Å². The normalized spacial score (nSPS) is 11.4. The Balaban J connectivity index is 1.62. The molecule has 0 atom stereocenters. The molecule has 0 aliphatic carbocycles. The van der Waals surface area contributed by atoms with Crippen molar-refractivity contribution in [2.24, 2.45) is 0 Å². The van der Waals surface area contributed by atoms with E-state index < -0.39 is 24.5 Å². The van der Waals surface area contributed by atoms with Crippen molar-refractivity contribution < 1.29 is 27.1 Å². The van der Waals surface area contributed by atoms with Gasteiger partial charge in [0.1, 0.15) is 13.3 Å². The fourth-order valence-electron chi connectivity index (χ4n) is 2.74. The third-order valence-corrected chi connectivity index (χ3v) is 5.23. The predicted molar refractivity (Wildman–Crippen MR) is 113 cm³/mol. The number of carbonyl (C=O) groups is 1. The van der Waals surface area contributed by atoms with Gasteiger partial charge in [0.15, 0.2) is 5.69 Å². The Bertz CT molecular complexity index is 1060. The molecule has 8 nitrogen and oxygen atoms in total. The van der Waals surface area contributed by atoms with Crippen molar-refractivity contribution in [3.63, 3.8) is 0 Å². The molecule has 176 valence electrons. The number of alkyl halides is 4. The molecule has 0 aromatic carbocycles. The number of ether oxygens (including phenoxy) is 1. The summed E-state index contributed by atoms with van der Waals surface area (Å²) in [6.07, 6.45) is -1.33. The van der Waals surface area contributed by atoms with Crippen LogP contribution < -0.4 is 15.4 Å². The Labute approximate surface area is 190 Å². The van der Waals surface area contributed by atoms with Gasteiger partial charge < -0.3 is 15.4 Å². The fraction of sp³-hybridized carbons (Fsp3) is 0.350. The van der Waals surface area contributed by atoms with Crippen LogP contribution in [-0.4, -0.2) is 51.6 Å². The van der Waals surface area contributed by atoms with Gasteiger partial charge in [-0.3, -0.25) is 9.78 Å². The number of nitrogens with zero attached hydrogens (tertiary/aromatic N) is 4. The van der Waals surface area contributed by atoms with E-state index in [4.69, 9.17) is 4.74 Å². The molecule has 2 N–H and O–H groups in total. The molecule has 0 aliphatic heterocycles. The highest BCUT2D eigenvalue weighted by Crippen LogP contribution is 2.27. The molecule has 3 rings (SSSR count). The van der Waals surface area contributed by atoms with Crippen molar-refractivity contribution in [3.8, 4) is 5.88 Å². The second-order valence-electron chi connectivity index (χ2n) is 6.76. The Hall–Kier alpha value is -3.19. The highest BCUT2D eigenvalue weighted by atomic mass is 32.1. The number of hydrogen-bond acceptors (Lipinski definition) is 8. The molecule has 0 saturated carbocycles. The summed E-state index contributed by atoms with van der Waals surface area (Å²) in [6, 6.07) is 3.20. The smallest absolute Gasteiger partial charge is 0.434 e. The van der Waals surface area contributed by atoms with E-state index in [-0.39, 0.29) is 18.7 Å². The monoisotopic (exact) mass is 484 g/mol. The third-order valence-electron chi connectivity index (χ3n) is 4.29. The number of rotatable bonds is 10. The topological polar surface area (TPSA) is 102 Å². The van der Waals surface area contributed by atoms with Crippen molar-refractivity contribution in [1.82, 2.24) is 24.6 Å². The molecule has 1 amide bonds. The van der Waals surface area contributed by atoms with Gasteiger partial charge in [0.2, 0.25) is 5.88 Å². The highest BCUT2D eigenvalue weighted by molar-refractivity contribution is 7.06. The van der Waals surface area contributed by atoms with Gasteiger partial charge in [-0.1, -0.05) is 0 Å². The first-order valence-corrected chi connectivity index (χ1v) is 10.6. The van der Waals surface area contributed by atoms with Crippen LogP contribution in [0.3, 0.4) is 0 Å². The summed E-state index contributed by atoms with van der Waals surface area (Å²) >= 11 is 1.07. The summed E-state index contributed by atoms with van der Waals surface area (Å²) in [5.41, 5.74) is 0.432. The van der Waals surface area contributed by atoms with Crippen LogP contribution in [0.5, 0.6) is 5.88 Å². The van der Waals surface area contributed by atoms with Gasteiger partial charge in [-0.05, 0) is 24.5 Å². The molecule has 0 aliphatic rings. The summed E-state index contributed by atoms with van der Waals surface area (Å²) in [5, 5.41) is 5.57. The number of amides is 1. The van der Waals surface area contributed by atoms with Gasteiger partial charge in [0.05, 0.1) is 35.0 Å². The number of pyridine rings is 1. The summed E-state index contributed by atoms with van der Waals surface area (Å²) < 4.78 is 59.6. The number of aryl methyl sites for hydroxylation is 1. The third kappa shape index (κ3) is 6.89. The summed E-state index contributed by atoms with van der Waals surface area (Å²) in [7, 11) is 0. The van der Waals surface area contributed by atoms with Crippen LogP contribution in [0.15, 0.2) is 30.7 Å². The van der Waals surface area contributed by atoms with E-state index in [0.29, 0.717) is 47.1 Å². The standard InChI is InChI=1S/C20H20F4N6O2S/c1-12-18(15(33-30-12)8-14-10-27-16(11-26-14)20(22,23)24)19(31)29-13-2-3-17(28-9-13)32-7-6-25-5-4-21/h2-3,9-11,25H,4-8H2,1H3,(H,29,31). The average Bonchev–Trinajstić information content (AvgIpc) is 3.14. The molecular weight excluding hydrogens is 464 g/mol. The van der Waals surface area contributed by atoms with Crippen LogP contribution in [0.2, 0.25) is 0 Å². The minimum Gasteiger partial charge on any atom is -0.476 e. The largest absolute Gasteiger partial charge is 0.476 e. The molecule has 0 saturated heterocycles. The van der Waals surface area contributed by atoms with Crippen LogP contribution in [0.25, 0.3) is 0 Å². The van der Waals surface area contributed by atoms with E-state index in [1.54, 1.807) is 19.1 Å². The number of aromatic nitrogens is 4. The number of anilines is 1. The Morgan fingerprint density at radius 1 is 1.12 bits per heavy atom. The first kappa shape index (κ1) is 24.5. The molecule has 0 spiro atoms. The number of halogens is 4. The first-order chi connectivity index (χ1) is 15.8. The predicted octanol–water partition coefficient (Wildman–Crippen LogP) is 3.44. The number of carbonyl (C=O) groups excluding carboxylic acids is 1. The maximum absolute atomic E-state index is 12.8. The zero-order valence-electron chi connectivity index (χ0n) is 17.4. The molecule has 3 aromatic heterocycles. The lowest BCUT2D eigenvalue weighted by molar-refractivity contribution is -0.141. The lowest BCUT2D eigenvalue weighted by atomic mass is 10.1. The fourth-order valence-corrected chi connectivity index (χ4v) is 3.62. The zero-order valence-corrected chi connectivity index (χ0v) is 18.3. The molecule has 0 bridgehead atoms. The zero-order chi connectivity index (χ0) is 23.8. The minimum absolute atomic E-state index is 0.112. The number of nitrogens with one attached hydrogen (secondary N) is 2. The maximum atomic E-state index is 12.8. The van der Waals surface area contributed by atoms with Crippen molar-refractivity contribution >= 4 is 23.1 Å². The van der Waals surface area contributed by atoms with Crippen LogP contribution >= 0.6 is 11.5 Å². The second kappa shape index (κ2) is 11.1. The van der Waals surface area contributed by atoms with E-state index in [0.717, 1.165) is 17.7 Å². The van der Waals surface area contributed by atoms with Crippen molar-refractivity contribution in [3.05, 3.63) is 58.2 Å². The van der Waals surface area contributed by atoms with Gasteiger partial charge in [0.25, 0.3) is 5.91 Å². The first-order valence-electron chi connectivity index (χ1n) is 9.78. The van der Waals surface area contributed by atoms with Crippen molar-refractivity contribution in [1.29, 1.82) is 0 Å². The van der Waals surface area contributed by atoms with E-state index in [1.165, 1.54) is 6.20 Å². The van der Waals surface area contributed by atoms with Gasteiger partial charge in [-0.15, -0.1) is 0 Å².